The minimum absolute atomic E-state index is 0.0287. The molecule has 1 aromatic heterocycles. The maximum absolute atomic E-state index is 5.85. The molecule has 0 saturated heterocycles. The van der Waals surface area contributed by atoms with E-state index >= 15 is 0 Å². The lowest BCUT2D eigenvalue weighted by molar-refractivity contribution is 0.0399. The monoisotopic (exact) mass is 235 g/mol. The summed E-state index contributed by atoms with van der Waals surface area (Å²) in [5.74, 6) is 2.25. The van der Waals surface area contributed by atoms with E-state index in [1.807, 2.05) is 13.0 Å². The normalized spacial score (nSPS) is 17.4. The van der Waals surface area contributed by atoms with E-state index in [1.165, 1.54) is 12.8 Å². The molecule has 4 nitrogen and oxygen atoms in total. The molecule has 1 unspecified atom stereocenters. The molecule has 94 valence electrons. The molecular formula is C13H21N3O. The van der Waals surface area contributed by atoms with Crippen molar-refractivity contribution in [1.29, 1.82) is 0 Å². The van der Waals surface area contributed by atoms with E-state index in [0.29, 0.717) is 24.3 Å². The van der Waals surface area contributed by atoms with E-state index in [9.17, 15) is 0 Å². The van der Waals surface area contributed by atoms with Crippen molar-refractivity contribution in [3.05, 3.63) is 17.6 Å². The Hall–Kier alpha value is -1.16. The highest BCUT2D eigenvalue weighted by atomic mass is 16.5. The molecule has 1 saturated carbocycles. The molecule has 0 spiro atoms. The van der Waals surface area contributed by atoms with Crippen LogP contribution in [0.25, 0.3) is 0 Å². The van der Waals surface area contributed by atoms with Gasteiger partial charge in [-0.1, -0.05) is 13.8 Å². The van der Waals surface area contributed by atoms with Gasteiger partial charge in [0.1, 0.15) is 11.9 Å². The fourth-order valence-electron chi connectivity index (χ4n) is 1.93. The summed E-state index contributed by atoms with van der Waals surface area (Å²) in [5.41, 5.74) is 6.84. The van der Waals surface area contributed by atoms with Crippen molar-refractivity contribution in [2.45, 2.75) is 45.6 Å². The number of nitrogens with zero attached hydrogens (tertiary/aromatic N) is 2. The van der Waals surface area contributed by atoms with Crippen molar-refractivity contribution in [2.24, 2.45) is 5.92 Å². The molecule has 1 aliphatic rings. The van der Waals surface area contributed by atoms with Crippen molar-refractivity contribution < 1.29 is 4.74 Å². The minimum Gasteiger partial charge on any atom is -0.384 e. The first-order chi connectivity index (χ1) is 8.11. The molecule has 2 rings (SSSR count). The number of nitrogen functional groups attached to an aromatic ring is 1. The molecule has 1 heterocycles. The summed E-state index contributed by atoms with van der Waals surface area (Å²) in [7, 11) is 0. The first-order valence-electron chi connectivity index (χ1n) is 6.37. The van der Waals surface area contributed by atoms with Gasteiger partial charge in [-0.15, -0.1) is 0 Å². The number of nitrogens with two attached hydrogens (primary N) is 1. The van der Waals surface area contributed by atoms with Gasteiger partial charge in [0.05, 0.1) is 0 Å². The molecule has 0 aliphatic heterocycles. The zero-order valence-electron chi connectivity index (χ0n) is 10.8. The largest absolute Gasteiger partial charge is 0.384 e. The Bertz CT molecular complexity index is 388. The summed E-state index contributed by atoms with van der Waals surface area (Å²) in [5, 5.41) is 0. The van der Waals surface area contributed by atoms with Crippen LogP contribution in [0.3, 0.4) is 0 Å². The van der Waals surface area contributed by atoms with E-state index in [2.05, 4.69) is 23.8 Å². The lowest BCUT2D eigenvalue weighted by atomic mass is 10.1. The average molecular weight is 235 g/mol. The van der Waals surface area contributed by atoms with E-state index in [0.717, 1.165) is 11.5 Å². The van der Waals surface area contributed by atoms with Gasteiger partial charge >= 0.3 is 0 Å². The molecule has 2 N–H and O–H groups in total. The Kier molecular flexibility index (Phi) is 3.62. The fourth-order valence-corrected chi connectivity index (χ4v) is 1.93. The van der Waals surface area contributed by atoms with Gasteiger partial charge in [-0.05, 0) is 31.6 Å². The quantitative estimate of drug-likeness (QED) is 0.852. The zero-order valence-corrected chi connectivity index (χ0v) is 10.8. The summed E-state index contributed by atoms with van der Waals surface area (Å²) >= 11 is 0. The Balaban J connectivity index is 2.28. The van der Waals surface area contributed by atoms with E-state index in [1.54, 1.807) is 0 Å². The molecule has 17 heavy (non-hydrogen) atoms. The SMILES string of the molecule is CCOC(c1nc(N)cc(C(C)C)n1)C1CC1. The molecule has 0 aromatic carbocycles. The summed E-state index contributed by atoms with van der Waals surface area (Å²) in [4.78, 5) is 8.94. The molecule has 0 bridgehead atoms. The number of hydrogen-bond donors (Lipinski definition) is 1. The third kappa shape index (κ3) is 2.94. The zero-order chi connectivity index (χ0) is 12.4. The van der Waals surface area contributed by atoms with Gasteiger partial charge in [0.25, 0.3) is 0 Å². The highest BCUT2D eigenvalue weighted by Crippen LogP contribution is 2.42. The Morgan fingerprint density at radius 2 is 2.12 bits per heavy atom. The molecular weight excluding hydrogens is 214 g/mol. The average Bonchev–Trinajstić information content (AvgIpc) is 3.08. The van der Waals surface area contributed by atoms with Gasteiger partial charge in [-0.3, -0.25) is 0 Å². The van der Waals surface area contributed by atoms with Gasteiger partial charge in [0.2, 0.25) is 0 Å². The predicted molar refractivity (Wildman–Crippen MR) is 67.6 cm³/mol. The smallest absolute Gasteiger partial charge is 0.160 e. The third-order valence-electron chi connectivity index (χ3n) is 3.03. The predicted octanol–water partition coefficient (Wildman–Crippen LogP) is 2.67. The number of ether oxygens (including phenoxy) is 1. The number of hydrogen-bond acceptors (Lipinski definition) is 4. The number of aromatic nitrogens is 2. The topological polar surface area (TPSA) is 61.0 Å². The first kappa shape index (κ1) is 12.3. The maximum Gasteiger partial charge on any atom is 0.160 e. The van der Waals surface area contributed by atoms with Gasteiger partial charge in [-0.25, -0.2) is 9.97 Å². The van der Waals surface area contributed by atoms with Crippen molar-refractivity contribution in [3.8, 4) is 0 Å². The van der Waals surface area contributed by atoms with Crippen molar-refractivity contribution >= 4 is 5.82 Å². The number of rotatable bonds is 5. The van der Waals surface area contributed by atoms with Crippen LogP contribution in [0.5, 0.6) is 0 Å². The molecule has 1 aromatic rings. The second kappa shape index (κ2) is 5.00. The molecule has 4 heteroatoms. The van der Waals surface area contributed by atoms with Gasteiger partial charge in [-0.2, -0.15) is 0 Å². The number of anilines is 1. The van der Waals surface area contributed by atoms with E-state index in [4.69, 9.17) is 10.5 Å². The highest BCUT2D eigenvalue weighted by molar-refractivity contribution is 5.31. The van der Waals surface area contributed by atoms with Crippen LogP contribution in [0.4, 0.5) is 5.82 Å². The third-order valence-corrected chi connectivity index (χ3v) is 3.03. The Morgan fingerprint density at radius 1 is 1.41 bits per heavy atom. The molecule has 1 aliphatic carbocycles. The lowest BCUT2D eigenvalue weighted by Crippen LogP contribution is -2.13. The minimum atomic E-state index is 0.0287. The molecule has 1 fully saturated rings. The van der Waals surface area contributed by atoms with Crippen molar-refractivity contribution in [2.75, 3.05) is 12.3 Å². The van der Waals surface area contributed by atoms with Crippen LogP contribution in [0.2, 0.25) is 0 Å². The van der Waals surface area contributed by atoms with Crippen LogP contribution < -0.4 is 5.73 Å². The molecule has 1 atom stereocenters. The first-order valence-corrected chi connectivity index (χ1v) is 6.37. The highest BCUT2D eigenvalue weighted by Gasteiger charge is 2.35. The Labute approximate surface area is 103 Å². The lowest BCUT2D eigenvalue weighted by Gasteiger charge is -2.17. The van der Waals surface area contributed by atoms with Crippen LogP contribution in [0.15, 0.2) is 6.07 Å². The van der Waals surface area contributed by atoms with E-state index in [-0.39, 0.29) is 6.10 Å². The van der Waals surface area contributed by atoms with E-state index < -0.39 is 0 Å². The maximum atomic E-state index is 5.85. The standard InChI is InChI=1S/C13H21N3O/c1-4-17-12(9-5-6-9)13-15-10(8(2)3)7-11(14)16-13/h7-9,12H,4-6H2,1-3H3,(H2,14,15,16). The Morgan fingerprint density at radius 3 is 2.65 bits per heavy atom. The summed E-state index contributed by atoms with van der Waals surface area (Å²) < 4.78 is 5.76. The van der Waals surface area contributed by atoms with Gasteiger partial charge in [0.15, 0.2) is 5.82 Å². The van der Waals surface area contributed by atoms with Crippen LogP contribution in [0.1, 0.15) is 57.2 Å². The molecule has 0 radical (unpaired) electrons. The van der Waals surface area contributed by atoms with Crippen molar-refractivity contribution in [1.82, 2.24) is 9.97 Å². The van der Waals surface area contributed by atoms with Crippen LogP contribution in [-0.4, -0.2) is 16.6 Å². The fraction of sp³-hybridized carbons (Fsp3) is 0.692. The second-order valence-corrected chi connectivity index (χ2v) is 4.94. The summed E-state index contributed by atoms with van der Waals surface area (Å²) in [6, 6.07) is 1.85. The van der Waals surface area contributed by atoms with Gasteiger partial charge in [0, 0.05) is 18.4 Å². The molecule has 0 amide bonds. The second-order valence-electron chi connectivity index (χ2n) is 4.94. The summed E-state index contributed by atoms with van der Waals surface area (Å²) in [6.45, 7) is 6.91. The van der Waals surface area contributed by atoms with Crippen molar-refractivity contribution in [3.63, 3.8) is 0 Å². The summed E-state index contributed by atoms with van der Waals surface area (Å²) in [6.07, 6.45) is 2.45. The van der Waals surface area contributed by atoms with Crippen LogP contribution >= 0.6 is 0 Å². The van der Waals surface area contributed by atoms with Gasteiger partial charge < -0.3 is 10.5 Å². The van der Waals surface area contributed by atoms with Crippen LogP contribution in [-0.2, 0) is 4.74 Å². The van der Waals surface area contributed by atoms with Crippen LogP contribution in [0, 0.1) is 5.92 Å².